The fraction of sp³-hybridized carbons (Fsp3) is 0.368. The normalized spacial score (nSPS) is 20.1. The SMILES string of the molecule is COC[C@@H]1CN(C(=O)COc2ccccc2)C[C@H]1c1ccccn1. The van der Waals surface area contributed by atoms with Gasteiger partial charge in [-0.2, -0.15) is 0 Å². The van der Waals surface area contributed by atoms with Crippen LogP contribution < -0.4 is 4.74 Å². The van der Waals surface area contributed by atoms with Crippen molar-refractivity contribution in [2.45, 2.75) is 5.92 Å². The van der Waals surface area contributed by atoms with E-state index in [0.717, 1.165) is 5.69 Å². The third-order valence-corrected chi connectivity index (χ3v) is 4.35. The molecule has 24 heavy (non-hydrogen) atoms. The molecule has 1 fully saturated rings. The minimum absolute atomic E-state index is 0.00149. The van der Waals surface area contributed by atoms with Gasteiger partial charge in [-0.1, -0.05) is 24.3 Å². The summed E-state index contributed by atoms with van der Waals surface area (Å²) in [6.45, 7) is 2.00. The van der Waals surface area contributed by atoms with Gasteiger partial charge in [-0.3, -0.25) is 9.78 Å². The lowest BCUT2D eigenvalue weighted by atomic mass is 9.93. The van der Waals surface area contributed by atoms with E-state index in [1.165, 1.54) is 0 Å². The molecule has 0 spiro atoms. The van der Waals surface area contributed by atoms with Crippen LogP contribution in [0.5, 0.6) is 5.75 Å². The first kappa shape index (κ1) is 16.5. The van der Waals surface area contributed by atoms with Crippen LogP contribution in [-0.2, 0) is 9.53 Å². The maximum Gasteiger partial charge on any atom is 0.260 e. The lowest BCUT2D eigenvalue weighted by Crippen LogP contribution is -2.33. The van der Waals surface area contributed by atoms with E-state index in [2.05, 4.69) is 4.98 Å². The van der Waals surface area contributed by atoms with Crippen molar-refractivity contribution in [1.29, 1.82) is 0 Å². The molecule has 126 valence electrons. The topological polar surface area (TPSA) is 51.7 Å². The molecule has 2 aromatic rings. The highest BCUT2D eigenvalue weighted by Crippen LogP contribution is 2.31. The van der Waals surface area contributed by atoms with Crippen molar-refractivity contribution in [2.24, 2.45) is 5.92 Å². The molecule has 2 atom stereocenters. The molecule has 0 bridgehead atoms. The summed E-state index contributed by atoms with van der Waals surface area (Å²) >= 11 is 0. The average molecular weight is 326 g/mol. The standard InChI is InChI=1S/C19H22N2O3/c1-23-13-15-11-21(12-17(15)18-9-5-6-10-20-18)19(22)14-24-16-7-3-2-4-8-16/h2-10,15,17H,11-14H2,1H3/t15-,17+/m0/s1. The number of amides is 1. The van der Waals surface area contributed by atoms with E-state index in [0.29, 0.717) is 25.4 Å². The Labute approximate surface area is 142 Å². The van der Waals surface area contributed by atoms with Crippen LogP contribution >= 0.6 is 0 Å². The number of benzene rings is 1. The van der Waals surface area contributed by atoms with Crippen LogP contribution in [0.1, 0.15) is 11.6 Å². The zero-order chi connectivity index (χ0) is 16.8. The molecule has 1 aromatic heterocycles. The second-order valence-corrected chi connectivity index (χ2v) is 5.98. The Morgan fingerprint density at radius 3 is 2.67 bits per heavy atom. The first-order valence-corrected chi connectivity index (χ1v) is 8.13. The third-order valence-electron chi connectivity index (χ3n) is 4.35. The van der Waals surface area contributed by atoms with Gasteiger partial charge in [-0.25, -0.2) is 0 Å². The molecular weight excluding hydrogens is 304 g/mol. The summed E-state index contributed by atoms with van der Waals surface area (Å²) in [6, 6.07) is 15.3. The molecule has 5 nitrogen and oxygen atoms in total. The maximum atomic E-state index is 12.5. The number of methoxy groups -OCH3 is 1. The minimum Gasteiger partial charge on any atom is -0.484 e. The molecule has 0 saturated carbocycles. The number of likely N-dealkylation sites (tertiary alicyclic amines) is 1. The molecule has 0 N–H and O–H groups in total. The van der Waals surface area contributed by atoms with Gasteiger partial charge in [-0.05, 0) is 24.3 Å². The predicted molar refractivity (Wildman–Crippen MR) is 90.9 cm³/mol. The van der Waals surface area contributed by atoms with E-state index in [-0.39, 0.29) is 24.3 Å². The lowest BCUT2D eigenvalue weighted by Gasteiger charge is -2.16. The number of nitrogens with zero attached hydrogens (tertiary/aromatic N) is 2. The highest BCUT2D eigenvalue weighted by atomic mass is 16.5. The van der Waals surface area contributed by atoms with Crippen molar-refractivity contribution in [3.8, 4) is 5.75 Å². The molecule has 0 radical (unpaired) electrons. The maximum absolute atomic E-state index is 12.5. The Morgan fingerprint density at radius 1 is 1.17 bits per heavy atom. The number of pyridine rings is 1. The molecule has 1 aliphatic rings. The van der Waals surface area contributed by atoms with Gasteiger partial charge >= 0.3 is 0 Å². The second kappa shape index (κ2) is 7.93. The number of carbonyl (C=O) groups excluding carboxylic acids is 1. The number of para-hydroxylation sites is 1. The van der Waals surface area contributed by atoms with Gasteiger partial charge in [0.2, 0.25) is 0 Å². The summed E-state index contributed by atoms with van der Waals surface area (Å²) in [5, 5.41) is 0. The predicted octanol–water partition coefficient (Wildman–Crippen LogP) is 2.35. The van der Waals surface area contributed by atoms with Gasteiger partial charge in [0.05, 0.1) is 6.61 Å². The van der Waals surface area contributed by atoms with Gasteiger partial charge in [0.1, 0.15) is 5.75 Å². The van der Waals surface area contributed by atoms with Crippen molar-refractivity contribution in [2.75, 3.05) is 33.4 Å². The van der Waals surface area contributed by atoms with Crippen LogP contribution in [0.15, 0.2) is 54.7 Å². The van der Waals surface area contributed by atoms with Crippen molar-refractivity contribution in [3.05, 3.63) is 60.4 Å². The van der Waals surface area contributed by atoms with Gasteiger partial charge < -0.3 is 14.4 Å². The molecule has 1 aliphatic heterocycles. The van der Waals surface area contributed by atoms with Crippen LogP contribution in [-0.4, -0.2) is 49.2 Å². The Hall–Kier alpha value is -2.40. The number of carbonyl (C=O) groups is 1. The summed E-state index contributed by atoms with van der Waals surface area (Å²) in [6.07, 6.45) is 1.79. The average Bonchev–Trinajstić information content (AvgIpc) is 3.06. The van der Waals surface area contributed by atoms with E-state index in [1.807, 2.05) is 53.4 Å². The lowest BCUT2D eigenvalue weighted by molar-refractivity contribution is -0.132. The Kier molecular flexibility index (Phi) is 5.43. The molecule has 2 heterocycles. The van der Waals surface area contributed by atoms with Gasteiger partial charge in [0.15, 0.2) is 6.61 Å². The van der Waals surface area contributed by atoms with E-state index < -0.39 is 0 Å². The van der Waals surface area contributed by atoms with Crippen LogP contribution in [0.4, 0.5) is 0 Å². The Morgan fingerprint density at radius 2 is 1.96 bits per heavy atom. The van der Waals surface area contributed by atoms with E-state index >= 15 is 0 Å². The number of aromatic nitrogens is 1. The van der Waals surface area contributed by atoms with E-state index in [1.54, 1.807) is 13.3 Å². The zero-order valence-electron chi connectivity index (χ0n) is 13.8. The summed E-state index contributed by atoms with van der Waals surface area (Å²) < 4.78 is 10.9. The number of ether oxygens (including phenoxy) is 2. The van der Waals surface area contributed by atoms with Crippen molar-refractivity contribution >= 4 is 5.91 Å². The van der Waals surface area contributed by atoms with Crippen molar-refractivity contribution in [3.63, 3.8) is 0 Å². The van der Waals surface area contributed by atoms with Crippen LogP contribution in [0.3, 0.4) is 0 Å². The number of hydrogen-bond donors (Lipinski definition) is 0. The largest absolute Gasteiger partial charge is 0.484 e. The first-order valence-electron chi connectivity index (χ1n) is 8.13. The van der Waals surface area contributed by atoms with Crippen LogP contribution in [0.25, 0.3) is 0 Å². The van der Waals surface area contributed by atoms with Crippen LogP contribution in [0, 0.1) is 5.92 Å². The first-order chi connectivity index (χ1) is 11.8. The Balaban J connectivity index is 1.63. The molecule has 0 aliphatic carbocycles. The smallest absolute Gasteiger partial charge is 0.260 e. The molecule has 1 aromatic carbocycles. The number of hydrogen-bond acceptors (Lipinski definition) is 4. The molecular formula is C19H22N2O3. The highest BCUT2D eigenvalue weighted by molar-refractivity contribution is 5.78. The highest BCUT2D eigenvalue weighted by Gasteiger charge is 2.36. The quantitative estimate of drug-likeness (QED) is 0.818. The van der Waals surface area contributed by atoms with Crippen LogP contribution in [0.2, 0.25) is 0 Å². The van der Waals surface area contributed by atoms with Gasteiger partial charge in [0.25, 0.3) is 5.91 Å². The summed E-state index contributed by atoms with van der Waals surface area (Å²) in [5.41, 5.74) is 1.01. The fourth-order valence-electron chi connectivity index (χ4n) is 3.14. The van der Waals surface area contributed by atoms with E-state index in [9.17, 15) is 4.79 Å². The molecule has 1 saturated heterocycles. The molecule has 0 unspecified atom stereocenters. The Bertz CT molecular complexity index is 648. The minimum atomic E-state index is -0.00149. The summed E-state index contributed by atoms with van der Waals surface area (Å²) in [5.74, 6) is 1.16. The van der Waals surface area contributed by atoms with Gasteiger partial charge in [0, 0.05) is 43.9 Å². The molecule has 1 amide bonds. The second-order valence-electron chi connectivity index (χ2n) is 5.98. The number of rotatable bonds is 6. The van der Waals surface area contributed by atoms with Crippen molar-refractivity contribution < 1.29 is 14.3 Å². The van der Waals surface area contributed by atoms with Crippen molar-refractivity contribution in [1.82, 2.24) is 9.88 Å². The van der Waals surface area contributed by atoms with E-state index in [4.69, 9.17) is 9.47 Å². The summed E-state index contributed by atoms with van der Waals surface area (Å²) in [4.78, 5) is 18.8. The third kappa shape index (κ3) is 3.92. The fourth-order valence-corrected chi connectivity index (χ4v) is 3.14. The monoisotopic (exact) mass is 326 g/mol. The zero-order valence-corrected chi connectivity index (χ0v) is 13.8. The molecule has 5 heteroatoms. The summed E-state index contributed by atoms with van der Waals surface area (Å²) in [7, 11) is 1.69. The van der Waals surface area contributed by atoms with Gasteiger partial charge in [-0.15, -0.1) is 0 Å². The molecule has 3 rings (SSSR count).